The molecule has 2 N–H and O–H groups in total. The molecule has 1 saturated carbocycles. The van der Waals surface area contributed by atoms with Crippen LogP contribution in [0.15, 0.2) is 35.2 Å². The van der Waals surface area contributed by atoms with Crippen LogP contribution in [-0.2, 0) is 15.1 Å². The Labute approximate surface area is 214 Å². The number of aliphatic hydroxyl groups is 1. The monoisotopic (exact) mass is 550 g/mol. The molecule has 1 aliphatic carbocycles. The number of hydrogen-bond acceptors (Lipinski definition) is 7. The number of hydrogen-bond donors (Lipinski definition) is 2. The van der Waals surface area contributed by atoms with Gasteiger partial charge in [-0.2, -0.15) is 16.4 Å². The first-order valence-electron chi connectivity index (χ1n) is 11.9. The van der Waals surface area contributed by atoms with Gasteiger partial charge in [-0.15, -0.1) is 5.10 Å². The number of piperidine rings is 3. The molecule has 4 fully saturated rings. The zero-order chi connectivity index (χ0) is 22.9. The summed E-state index contributed by atoms with van der Waals surface area (Å²) >= 11 is 1.48. The van der Waals surface area contributed by atoms with Gasteiger partial charge in [0.15, 0.2) is 17.5 Å². The Bertz CT molecular complexity index is 978. The number of quaternary nitrogens is 1. The summed E-state index contributed by atoms with van der Waals surface area (Å²) in [6, 6.07) is 5.13. The summed E-state index contributed by atoms with van der Waals surface area (Å²) < 4.78 is 6.30. The largest absolute Gasteiger partial charge is 1.00 e. The van der Waals surface area contributed by atoms with E-state index in [-0.39, 0.29) is 45.4 Å². The molecule has 6 rings (SSSR count). The molecular formula is C24H31BrN4O4S. The molecule has 4 aliphatic rings. The number of carbonyl (C=O) groups excluding carboxylic acids is 2. The van der Waals surface area contributed by atoms with E-state index in [9.17, 15) is 14.7 Å². The van der Waals surface area contributed by atoms with Crippen LogP contribution < -0.4 is 22.3 Å². The highest BCUT2D eigenvalue weighted by Crippen LogP contribution is 2.43. The molecule has 2 bridgehead atoms. The Morgan fingerprint density at radius 1 is 1.15 bits per heavy atom. The van der Waals surface area contributed by atoms with Crippen LogP contribution in [0.3, 0.4) is 0 Å². The molecule has 0 aromatic carbocycles. The van der Waals surface area contributed by atoms with Crippen molar-refractivity contribution in [3.05, 3.63) is 40.7 Å². The number of fused-ring (bicyclic) bond motifs is 3. The van der Waals surface area contributed by atoms with Gasteiger partial charge in [-0.1, -0.05) is 19.3 Å². The Balaban J connectivity index is 0.00000274. The number of urea groups is 1. The predicted octanol–water partition coefficient (Wildman–Crippen LogP) is 0.694. The van der Waals surface area contributed by atoms with Gasteiger partial charge in [0.05, 0.1) is 13.1 Å². The average Bonchev–Trinajstić information content (AvgIpc) is 3.41. The van der Waals surface area contributed by atoms with Gasteiger partial charge in [0.1, 0.15) is 6.54 Å². The standard InChI is InChI=1S/C24H30N4O4S.BrH/c29-22(24(31,19-10-14-33-16-19)18-5-2-1-3-6-18)32-20-15-28(12-8-17(20)9-13-28)23(30)26-21-7-4-11-25-27-21;/h4,7,10-11,14,16-18,20,31H,1-3,5-6,8-9,12-13,15H2;1H/t17?,20?,24-,28?;/m1./s1. The van der Waals surface area contributed by atoms with Crippen molar-refractivity contribution in [2.45, 2.75) is 56.7 Å². The number of amides is 2. The molecule has 10 heteroatoms. The summed E-state index contributed by atoms with van der Waals surface area (Å²) in [6.45, 7) is 1.84. The summed E-state index contributed by atoms with van der Waals surface area (Å²) in [4.78, 5) is 26.8. The van der Waals surface area contributed by atoms with Gasteiger partial charge in [-0.05, 0) is 41.8 Å². The first kappa shape index (κ1) is 25.2. The Kier molecular flexibility index (Phi) is 7.71. The number of aromatic nitrogens is 2. The molecule has 184 valence electrons. The summed E-state index contributed by atoms with van der Waals surface area (Å²) in [5.41, 5.74) is -0.992. The summed E-state index contributed by atoms with van der Waals surface area (Å²) in [6.07, 6.45) is 7.59. The Hall–Kier alpha value is -1.88. The van der Waals surface area contributed by atoms with Crippen LogP contribution in [-0.4, -0.2) is 57.5 Å². The fraction of sp³-hybridized carbons (Fsp3) is 0.583. The van der Waals surface area contributed by atoms with Gasteiger partial charge < -0.3 is 26.8 Å². The van der Waals surface area contributed by atoms with E-state index in [1.807, 2.05) is 16.8 Å². The zero-order valence-electron chi connectivity index (χ0n) is 19.1. The van der Waals surface area contributed by atoms with Crippen LogP contribution in [0, 0.1) is 11.8 Å². The van der Waals surface area contributed by atoms with E-state index in [4.69, 9.17) is 4.74 Å². The van der Waals surface area contributed by atoms with Crippen molar-refractivity contribution in [1.29, 1.82) is 0 Å². The fourth-order valence-corrected chi connectivity index (χ4v) is 6.60. The van der Waals surface area contributed by atoms with Crippen LogP contribution in [0.2, 0.25) is 0 Å². The highest BCUT2D eigenvalue weighted by molar-refractivity contribution is 7.08. The van der Waals surface area contributed by atoms with Gasteiger partial charge in [-0.3, -0.25) is 5.32 Å². The maximum absolute atomic E-state index is 13.6. The van der Waals surface area contributed by atoms with Gasteiger partial charge >= 0.3 is 12.0 Å². The van der Waals surface area contributed by atoms with E-state index in [0.29, 0.717) is 31.0 Å². The topological polar surface area (TPSA) is 101 Å². The van der Waals surface area contributed by atoms with Gasteiger partial charge in [0.25, 0.3) is 0 Å². The van der Waals surface area contributed by atoms with E-state index in [1.165, 1.54) is 11.3 Å². The van der Waals surface area contributed by atoms with E-state index in [0.717, 1.165) is 44.9 Å². The number of carbonyl (C=O) groups is 2. The third kappa shape index (κ3) is 4.65. The maximum atomic E-state index is 13.6. The molecule has 34 heavy (non-hydrogen) atoms. The van der Waals surface area contributed by atoms with Crippen molar-refractivity contribution in [1.82, 2.24) is 10.2 Å². The van der Waals surface area contributed by atoms with Crippen LogP contribution >= 0.6 is 11.3 Å². The lowest BCUT2D eigenvalue weighted by Gasteiger charge is -2.50. The van der Waals surface area contributed by atoms with E-state index < -0.39 is 11.6 Å². The van der Waals surface area contributed by atoms with E-state index in [1.54, 1.807) is 18.3 Å². The fourth-order valence-electron chi connectivity index (χ4n) is 5.90. The van der Waals surface area contributed by atoms with Crippen LogP contribution in [0.1, 0.15) is 50.5 Å². The molecule has 3 saturated heterocycles. The predicted molar refractivity (Wildman–Crippen MR) is 123 cm³/mol. The third-order valence-corrected chi connectivity index (χ3v) is 8.56. The zero-order valence-corrected chi connectivity index (χ0v) is 21.5. The van der Waals surface area contributed by atoms with Crippen LogP contribution in [0.4, 0.5) is 10.6 Å². The lowest BCUT2D eigenvalue weighted by atomic mass is 9.74. The number of halogens is 1. The lowest BCUT2D eigenvalue weighted by Crippen LogP contribution is -3.00. The molecule has 8 nitrogen and oxygen atoms in total. The number of thiophene rings is 1. The highest BCUT2D eigenvalue weighted by atomic mass is 79.9. The van der Waals surface area contributed by atoms with Gasteiger partial charge in [-0.25, -0.2) is 14.1 Å². The minimum Gasteiger partial charge on any atom is -1.00 e. The second kappa shape index (κ2) is 10.4. The number of ether oxygens (including phenoxy) is 1. The van der Waals surface area contributed by atoms with E-state index >= 15 is 0 Å². The summed E-state index contributed by atoms with van der Waals surface area (Å²) in [7, 11) is 0. The number of nitrogens with zero attached hydrogens (tertiary/aromatic N) is 3. The molecule has 2 aromatic heterocycles. The smallest absolute Gasteiger partial charge is 0.422 e. The van der Waals surface area contributed by atoms with Crippen molar-refractivity contribution < 1.29 is 40.9 Å². The first-order valence-corrected chi connectivity index (χ1v) is 12.9. The molecule has 5 heterocycles. The van der Waals surface area contributed by atoms with Gasteiger partial charge in [0, 0.05) is 36.4 Å². The van der Waals surface area contributed by atoms with Crippen molar-refractivity contribution in [2.75, 3.05) is 25.0 Å². The Morgan fingerprint density at radius 2 is 1.91 bits per heavy atom. The maximum Gasteiger partial charge on any atom is 0.422 e. The quantitative estimate of drug-likeness (QED) is 0.419. The SMILES string of the molecule is O=C(OC1C[N+]2(C(=O)Nc3cccnn3)CCC1CC2)[C@](O)(c1ccsc1)C1CCCCC1.[Br-]. The van der Waals surface area contributed by atoms with Crippen LogP contribution in [0.25, 0.3) is 0 Å². The summed E-state index contributed by atoms with van der Waals surface area (Å²) in [5, 5.41) is 26.2. The summed E-state index contributed by atoms with van der Waals surface area (Å²) in [5.74, 6) is -0.0618. The molecule has 1 unspecified atom stereocenters. The highest BCUT2D eigenvalue weighted by Gasteiger charge is 2.55. The molecule has 0 spiro atoms. The first-order chi connectivity index (χ1) is 16.0. The Morgan fingerprint density at radius 3 is 2.56 bits per heavy atom. The minimum absolute atomic E-state index is 0. The van der Waals surface area contributed by atoms with Crippen molar-refractivity contribution in [2.24, 2.45) is 11.8 Å². The molecule has 3 aliphatic heterocycles. The number of nitrogens with one attached hydrogen (secondary N) is 1. The normalized spacial score (nSPS) is 28.4. The molecule has 0 radical (unpaired) electrons. The number of anilines is 1. The molecule has 2 atom stereocenters. The second-order valence-corrected chi connectivity index (χ2v) is 10.5. The van der Waals surface area contributed by atoms with E-state index in [2.05, 4.69) is 15.5 Å². The number of rotatable bonds is 5. The second-order valence-electron chi connectivity index (χ2n) is 9.71. The van der Waals surface area contributed by atoms with Gasteiger partial charge in [0.2, 0.25) is 0 Å². The van der Waals surface area contributed by atoms with Crippen molar-refractivity contribution in [3.8, 4) is 0 Å². The minimum atomic E-state index is -1.63. The average molecular weight is 552 g/mol. The molecular weight excluding hydrogens is 520 g/mol. The van der Waals surface area contributed by atoms with Crippen molar-refractivity contribution in [3.63, 3.8) is 0 Å². The van der Waals surface area contributed by atoms with Crippen LogP contribution in [0.5, 0.6) is 0 Å². The lowest BCUT2D eigenvalue weighted by molar-refractivity contribution is -0.869. The molecule has 2 amide bonds. The third-order valence-electron chi connectivity index (χ3n) is 7.88. The van der Waals surface area contributed by atoms with Crippen molar-refractivity contribution >= 4 is 29.2 Å². The number of esters is 1. The molecule has 2 aromatic rings.